The van der Waals surface area contributed by atoms with E-state index in [1.54, 1.807) is 0 Å². The van der Waals surface area contributed by atoms with Gasteiger partial charge < -0.3 is 4.74 Å². The summed E-state index contributed by atoms with van der Waals surface area (Å²) in [5.74, 6) is -2.95. The number of ether oxygens (including phenoxy) is 1. The molecule has 1 aromatic rings. The van der Waals surface area contributed by atoms with E-state index in [9.17, 15) is 22.4 Å². The molecule has 2 rings (SSSR count). The molecule has 120 valence electrons. The van der Waals surface area contributed by atoms with Gasteiger partial charge in [-0.05, 0) is 24.6 Å². The van der Waals surface area contributed by atoms with Gasteiger partial charge in [0.15, 0.2) is 21.4 Å². The van der Waals surface area contributed by atoms with Gasteiger partial charge in [-0.25, -0.2) is 12.8 Å². The van der Waals surface area contributed by atoms with Crippen LogP contribution in [-0.2, 0) is 14.6 Å². The summed E-state index contributed by atoms with van der Waals surface area (Å²) in [5, 5.41) is 0. The molecule has 9 heteroatoms. The highest BCUT2D eigenvalue weighted by Gasteiger charge is 2.33. The molecule has 1 aliphatic heterocycles. The summed E-state index contributed by atoms with van der Waals surface area (Å²) in [7, 11) is -1.88. The van der Waals surface area contributed by atoms with Crippen LogP contribution < -0.4 is 15.6 Å². The summed E-state index contributed by atoms with van der Waals surface area (Å²) < 4.78 is 40.8. The molecule has 1 heterocycles. The fraction of sp³-hybridized carbons (Fsp3) is 0.385. The zero-order valence-corrected chi connectivity index (χ0v) is 12.6. The predicted molar refractivity (Wildman–Crippen MR) is 75.3 cm³/mol. The van der Waals surface area contributed by atoms with Crippen molar-refractivity contribution in [3.05, 3.63) is 29.6 Å². The van der Waals surface area contributed by atoms with Crippen molar-refractivity contribution in [3.8, 4) is 5.75 Å². The Morgan fingerprint density at radius 1 is 1.32 bits per heavy atom. The predicted octanol–water partition coefficient (Wildman–Crippen LogP) is 0.0300. The Kier molecular flexibility index (Phi) is 4.65. The van der Waals surface area contributed by atoms with Crippen LogP contribution in [-0.4, -0.2) is 38.8 Å². The second-order valence-corrected chi connectivity index (χ2v) is 7.12. The lowest BCUT2D eigenvalue weighted by molar-refractivity contribution is -0.125. The number of hydrogen-bond donors (Lipinski definition) is 2. The van der Waals surface area contributed by atoms with E-state index < -0.39 is 33.4 Å². The summed E-state index contributed by atoms with van der Waals surface area (Å²) in [6.07, 6.45) is 0.223. The number of hydrazine groups is 1. The maximum Gasteiger partial charge on any atom is 0.269 e. The first kappa shape index (κ1) is 16.2. The van der Waals surface area contributed by atoms with Crippen LogP contribution in [0, 0.1) is 11.7 Å². The first-order chi connectivity index (χ1) is 10.3. The molecule has 0 aromatic heterocycles. The van der Waals surface area contributed by atoms with Crippen LogP contribution in [0.3, 0.4) is 0 Å². The van der Waals surface area contributed by atoms with E-state index in [4.69, 9.17) is 4.74 Å². The minimum atomic E-state index is -3.18. The minimum absolute atomic E-state index is 0.00218. The number of methoxy groups -OCH3 is 1. The lowest BCUT2D eigenvalue weighted by Crippen LogP contribution is -2.44. The fourth-order valence-electron chi connectivity index (χ4n) is 2.10. The molecule has 2 amide bonds. The number of halogens is 1. The molecule has 1 aromatic carbocycles. The summed E-state index contributed by atoms with van der Waals surface area (Å²) in [6.45, 7) is 0. The molecule has 0 bridgehead atoms. The number of amides is 2. The van der Waals surface area contributed by atoms with Crippen LogP contribution in [0.2, 0.25) is 0 Å². The second-order valence-electron chi connectivity index (χ2n) is 4.89. The molecule has 1 aliphatic rings. The third-order valence-electron chi connectivity index (χ3n) is 3.32. The summed E-state index contributed by atoms with van der Waals surface area (Å²) in [4.78, 5) is 23.5. The number of rotatable bonds is 3. The third-order valence-corrected chi connectivity index (χ3v) is 5.08. The van der Waals surface area contributed by atoms with Gasteiger partial charge in [0.2, 0.25) is 5.91 Å². The van der Waals surface area contributed by atoms with Crippen molar-refractivity contribution in [2.75, 3.05) is 18.6 Å². The van der Waals surface area contributed by atoms with Crippen molar-refractivity contribution >= 4 is 21.7 Å². The molecule has 0 radical (unpaired) electrons. The van der Waals surface area contributed by atoms with E-state index >= 15 is 0 Å². The summed E-state index contributed by atoms with van der Waals surface area (Å²) >= 11 is 0. The highest BCUT2D eigenvalue weighted by Crippen LogP contribution is 2.19. The molecule has 0 spiro atoms. The van der Waals surface area contributed by atoms with Crippen LogP contribution >= 0.6 is 0 Å². The van der Waals surface area contributed by atoms with E-state index in [0.717, 1.165) is 6.07 Å². The first-order valence-electron chi connectivity index (χ1n) is 6.46. The van der Waals surface area contributed by atoms with Crippen molar-refractivity contribution in [2.24, 2.45) is 5.92 Å². The van der Waals surface area contributed by atoms with Crippen molar-refractivity contribution in [3.63, 3.8) is 0 Å². The number of hydrogen-bond acceptors (Lipinski definition) is 5. The molecular weight excluding hydrogens is 315 g/mol. The molecular formula is C13H15FN2O5S. The molecule has 7 nitrogen and oxygen atoms in total. The fourth-order valence-corrected chi connectivity index (χ4v) is 3.84. The average Bonchev–Trinajstić information content (AvgIpc) is 2.84. The monoisotopic (exact) mass is 330 g/mol. The van der Waals surface area contributed by atoms with E-state index in [2.05, 4.69) is 10.9 Å². The highest BCUT2D eigenvalue weighted by molar-refractivity contribution is 7.91. The molecule has 0 aliphatic carbocycles. The summed E-state index contributed by atoms with van der Waals surface area (Å²) in [6, 6.07) is 3.60. The quantitative estimate of drug-likeness (QED) is 0.762. The molecule has 0 saturated carbocycles. The Balaban J connectivity index is 1.93. The second kappa shape index (κ2) is 6.30. The van der Waals surface area contributed by atoms with Crippen LogP contribution in [0.15, 0.2) is 18.2 Å². The van der Waals surface area contributed by atoms with Crippen molar-refractivity contribution in [1.29, 1.82) is 0 Å². The smallest absolute Gasteiger partial charge is 0.269 e. The number of nitrogens with one attached hydrogen (secondary N) is 2. The Morgan fingerprint density at radius 3 is 2.59 bits per heavy atom. The number of benzene rings is 1. The largest absolute Gasteiger partial charge is 0.494 e. The van der Waals surface area contributed by atoms with E-state index in [1.807, 2.05) is 0 Å². The zero-order valence-electron chi connectivity index (χ0n) is 11.8. The molecule has 1 fully saturated rings. The van der Waals surface area contributed by atoms with Crippen molar-refractivity contribution in [2.45, 2.75) is 6.42 Å². The van der Waals surface area contributed by atoms with Gasteiger partial charge in [0.1, 0.15) is 0 Å². The maximum atomic E-state index is 13.5. The minimum Gasteiger partial charge on any atom is -0.494 e. The number of carbonyl (C=O) groups excluding carboxylic acids is 2. The Morgan fingerprint density at radius 2 is 2.05 bits per heavy atom. The molecule has 1 saturated heterocycles. The molecule has 22 heavy (non-hydrogen) atoms. The molecule has 0 unspecified atom stereocenters. The average molecular weight is 330 g/mol. The van der Waals surface area contributed by atoms with Crippen LogP contribution in [0.1, 0.15) is 16.8 Å². The molecule has 2 N–H and O–H groups in total. The van der Waals surface area contributed by atoms with Crippen molar-refractivity contribution in [1.82, 2.24) is 10.9 Å². The topological polar surface area (TPSA) is 102 Å². The van der Waals surface area contributed by atoms with Crippen molar-refractivity contribution < 1.29 is 27.1 Å². The van der Waals surface area contributed by atoms with Crippen LogP contribution in [0.5, 0.6) is 5.75 Å². The van der Waals surface area contributed by atoms with Gasteiger partial charge in [0, 0.05) is 5.56 Å². The lowest BCUT2D eigenvalue weighted by atomic mass is 10.1. The standard InChI is InChI=1S/C13H15FN2O5S/c1-21-11-3-2-8(6-10(11)14)12(17)15-16-13(18)9-4-5-22(19,20)7-9/h2-3,6,9H,4-5,7H2,1H3,(H,15,17)(H,16,18)/t9-/m0/s1. The van der Waals surface area contributed by atoms with Crippen LogP contribution in [0.4, 0.5) is 4.39 Å². The van der Waals surface area contributed by atoms with E-state index in [-0.39, 0.29) is 29.2 Å². The van der Waals surface area contributed by atoms with Crippen LogP contribution in [0.25, 0.3) is 0 Å². The van der Waals surface area contributed by atoms with Gasteiger partial charge in [0.25, 0.3) is 5.91 Å². The third kappa shape index (κ3) is 3.73. The normalized spacial score (nSPS) is 19.5. The van der Waals surface area contributed by atoms with Gasteiger partial charge in [-0.3, -0.25) is 20.4 Å². The maximum absolute atomic E-state index is 13.5. The highest BCUT2D eigenvalue weighted by atomic mass is 32.2. The Labute approximate surface area is 126 Å². The van der Waals surface area contributed by atoms with Gasteiger partial charge in [-0.1, -0.05) is 0 Å². The van der Waals surface area contributed by atoms with E-state index in [1.165, 1.54) is 19.2 Å². The number of carbonyl (C=O) groups is 2. The summed E-state index contributed by atoms with van der Waals surface area (Å²) in [5.41, 5.74) is 4.28. The Hall–Kier alpha value is -2.16. The zero-order chi connectivity index (χ0) is 16.3. The number of sulfone groups is 1. The first-order valence-corrected chi connectivity index (χ1v) is 8.28. The van der Waals surface area contributed by atoms with Gasteiger partial charge in [-0.15, -0.1) is 0 Å². The molecule has 1 atom stereocenters. The Bertz CT molecular complexity index is 704. The van der Waals surface area contributed by atoms with E-state index in [0.29, 0.717) is 0 Å². The van der Waals surface area contributed by atoms with Gasteiger partial charge in [0.05, 0.1) is 24.5 Å². The lowest BCUT2D eigenvalue weighted by Gasteiger charge is -2.11. The van der Waals surface area contributed by atoms with Gasteiger partial charge >= 0.3 is 0 Å². The van der Waals surface area contributed by atoms with Gasteiger partial charge in [-0.2, -0.15) is 0 Å². The SMILES string of the molecule is COc1ccc(C(=O)NNC(=O)[C@H]2CCS(=O)(=O)C2)cc1F.